The number of ether oxygens (including phenoxy) is 1. The Bertz CT molecular complexity index is 820. The first-order valence-electron chi connectivity index (χ1n) is 10.2. The third kappa shape index (κ3) is 7.39. The van der Waals surface area contributed by atoms with Crippen LogP contribution in [0.1, 0.15) is 25.0 Å². The van der Waals surface area contributed by atoms with Gasteiger partial charge in [0.1, 0.15) is 11.6 Å². The number of nitrogens with one attached hydrogen (secondary N) is 2. The van der Waals surface area contributed by atoms with Gasteiger partial charge in [-0.2, -0.15) is 0 Å². The fourth-order valence-electron chi connectivity index (χ4n) is 3.29. The van der Waals surface area contributed by atoms with Crippen molar-refractivity contribution in [3.8, 4) is 0 Å². The van der Waals surface area contributed by atoms with Crippen molar-refractivity contribution in [3.63, 3.8) is 0 Å². The van der Waals surface area contributed by atoms with Gasteiger partial charge in [0, 0.05) is 32.4 Å². The lowest BCUT2D eigenvalue weighted by Gasteiger charge is -2.32. The normalized spacial score (nSPS) is 16.7. The first kappa shape index (κ1) is 24.3. The molecular weight excluding hydrogens is 496 g/mol. The third-order valence-corrected chi connectivity index (χ3v) is 4.78. The highest BCUT2D eigenvalue weighted by Gasteiger charge is 2.18. The summed E-state index contributed by atoms with van der Waals surface area (Å²) in [6, 6.07) is 10.9. The SMILES string of the molecule is CCNC(=NCc1ccnc(N2CCOC(C)C2)c1)NCCc1ccccc1F.I. The molecule has 0 radical (unpaired) electrons. The maximum atomic E-state index is 13.8. The number of rotatable bonds is 7. The number of benzene rings is 1. The fraction of sp³-hybridized carbons (Fsp3) is 0.455. The number of hydrogen-bond donors (Lipinski definition) is 2. The van der Waals surface area contributed by atoms with Crippen molar-refractivity contribution in [1.82, 2.24) is 15.6 Å². The van der Waals surface area contributed by atoms with Crippen LogP contribution in [0.15, 0.2) is 47.6 Å². The first-order valence-corrected chi connectivity index (χ1v) is 10.2. The van der Waals surface area contributed by atoms with Crippen LogP contribution in [-0.4, -0.2) is 49.8 Å². The molecule has 1 aliphatic rings. The molecular formula is C22H31FIN5O. The molecule has 1 saturated heterocycles. The van der Waals surface area contributed by atoms with Crippen molar-refractivity contribution >= 4 is 35.8 Å². The standard InChI is InChI=1S/C22H30FN5O.HI/c1-3-24-22(26-11-9-19-6-4-5-7-20(19)23)27-15-18-8-10-25-21(14-18)28-12-13-29-17(2)16-28;/h4-8,10,14,17H,3,9,11-13,15-16H2,1-2H3,(H2,24,26,27);1H. The zero-order valence-corrected chi connectivity index (χ0v) is 19.9. The average molecular weight is 527 g/mol. The molecule has 0 bridgehead atoms. The van der Waals surface area contributed by atoms with E-state index >= 15 is 0 Å². The minimum atomic E-state index is -0.169. The summed E-state index contributed by atoms with van der Waals surface area (Å²) in [7, 11) is 0. The highest BCUT2D eigenvalue weighted by molar-refractivity contribution is 14.0. The van der Waals surface area contributed by atoms with Crippen molar-refractivity contribution in [2.24, 2.45) is 4.99 Å². The molecule has 2 N–H and O–H groups in total. The zero-order chi connectivity index (χ0) is 20.5. The Balaban J connectivity index is 0.00000320. The summed E-state index contributed by atoms with van der Waals surface area (Å²) in [6.45, 7) is 8.45. The van der Waals surface area contributed by atoms with Crippen LogP contribution >= 0.6 is 24.0 Å². The summed E-state index contributed by atoms with van der Waals surface area (Å²) in [5.74, 6) is 1.52. The molecule has 3 rings (SSSR count). The minimum absolute atomic E-state index is 0. The van der Waals surface area contributed by atoms with E-state index in [9.17, 15) is 4.39 Å². The Labute approximate surface area is 195 Å². The number of aliphatic imine (C=N–C) groups is 1. The molecule has 0 spiro atoms. The summed E-state index contributed by atoms with van der Waals surface area (Å²) in [6.07, 6.45) is 2.65. The van der Waals surface area contributed by atoms with E-state index in [2.05, 4.69) is 38.5 Å². The predicted molar refractivity (Wildman–Crippen MR) is 130 cm³/mol. The topological polar surface area (TPSA) is 61.8 Å². The molecule has 1 aliphatic heterocycles. The second-order valence-electron chi connectivity index (χ2n) is 7.11. The van der Waals surface area contributed by atoms with Gasteiger partial charge in [-0.15, -0.1) is 24.0 Å². The highest BCUT2D eigenvalue weighted by atomic mass is 127. The molecule has 1 unspecified atom stereocenters. The lowest BCUT2D eigenvalue weighted by Crippen LogP contribution is -2.41. The minimum Gasteiger partial charge on any atom is -0.375 e. The molecule has 30 heavy (non-hydrogen) atoms. The Morgan fingerprint density at radius 1 is 1.30 bits per heavy atom. The Hall–Kier alpha value is -1.94. The van der Waals surface area contributed by atoms with Gasteiger partial charge in [-0.05, 0) is 49.6 Å². The quantitative estimate of drug-likeness (QED) is 0.329. The van der Waals surface area contributed by atoms with E-state index in [4.69, 9.17) is 4.74 Å². The summed E-state index contributed by atoms with van der Waals surface area (Å²) in [4.78, 5) is 11.4. The second-order valence-corrected chi connectivity index (χ2v) is 7.11. The van der Waals surface area contributed by atoms with Crippen molar-refractivity contribution in [2.75, 3.05) is 37.7 Å². The maximum absolute atomic E-state index is 13.8. The predicted octanol–water partition coefficient (Wildman–Crippen LogP) is 3.36. The number of aromatic nitrogens is 1. The van der Waals surface area contributed by atoms with Gasteiger partial charge in [0.2, 0.25) is 0 Å². The van der Waals surface area contributed by atoms with Gasteiger partial charge in [-0.3, -0.25) is 0 Å². The average Bonchev–Trinajstić information content (AvgIpc) is 2.73. The van der Waals surface area contributed by atoms with Gasteiger partial charge in [0.25, 0.3) is 0 Å². The number of guanidine groups is 1. The van der Waals surface area contributed by atoms with Gasteiger partial charge in [-0.1, -0.05) is 18.2 Å². The summed E-state index contributed by atoms with van der Waals surface area (Å²) in [5.41, 5.74) is 1.80. The summed E-state index contributed by atoms with van der Waals surface area (Å²) in [5, 5.41) is 6.52. The van der Waals surface area contributed by atoms with E-state index in [1.165, 1.54) is 6.07 Å². The van der Waals surface area contributed by atoms with E-state index in [0.29, 0.717) is 25.1 Å². The summed E-state index contributed by atoms with van der Waals surface area (Å²) >= 11 is 0. The van der Waals surface area contributed by atoms with Crippen LogP contribution in [0.4, 0.5) is 10.2 Å². The highest BCUT2D eigenvalue weighted by Crippen LogP contribution is 2.17. The molecule has 1 atom stereocenters. The van der Waals surface area contributed by atoms with E-state index in [-0.39, 0.29) is 35.9 Å². The van der Waals surface area contributed by atoms with Gasteiger partial charge in [-0.25, -0.2) is 14.4 Å². The van der Waals surface area contributed by atoms with Crippen LogP contribution in [0, 0.1) is 5.82 Å². The summed E-state index contributed by atoms with van der Waals surface area (Å²) < 4.78 is 19.4. The molecule has 1 fully saturated rings. The Morgan fingerprint density at radius 2 is 2.13 bits per heavy atom. The van der Waals surface area contributed by atoms with E-state index in [1.807, 2.05) is 31.3 Å². The van der Waals surface area contributed by atoms with Crippen molar-refractivity contribution in [2.45, 2.75) is 32.9 Å². The molecule has 0 aliphatic carbocycles. The number of halogens is 2. The van der Waals surface area contributed by atoms with Gasteiger partial charge < -0.3 is 20.3 Å². The van der Waals surface area contributed by atoms with Gasteiger partial charge in [0.05, 0.1) is 19.3 Å². The molecule has 1 aromatic heterocycles. The van der Waals surface area contributed by atoms with Crippen LogP contribution in [0.2, 0.25) is 0 Å². The first-order chi connectivity index (χ1) is 14.2. The van der Waals surface area contributed by atoms with Gasteiger partial charge >= 0.3 is 0 Å². The number of hydrogen-bond acceptors (Lipinski definition) is 4. The second kappa shape index (κ2) is 12.7. The Kier molecular flexibility index (Phi) is 10.3. The van der Waals surface area contributed by atoms with Gasteiger partial charge in [0.15, 0.2) is 5.96 Å². The molecule has 6 nitrogen and oxygen atoms in total. The zero-order valence-electron chi connectivity index (χ0n) is 17.6. The van der Waals surface area contributed by atoms with Crippen LogP contribution in [0.25, 0.3) is 0 Å². The monoisotopic (exact) mass is 527 g/mol. The molecule has 1 aromatic carbocycles. The van der Waals surface area contributed by atoms with Crippen molar-refractivity contribution in [1.29, 1.82) is 0 Å². The maximum Gasteiger partial charge on any atom is 0.191 e. The molecule has 2 aromatic rings. The van der Waals surface area contributed by atoms with Crippen LogP contribution in [0.5, 0.6) is 0 Å². The molecule has 0 saturated carbocycles. The smallest absolute Gasteiger partial charge is 0.191 e. The third-order valence-electron chi connectivity index (χ3n) is 4.78. The lowest BCUT2D eigenvalue weighted by atomic mass is 10.1. The number of morpholine rings is 1. The van der Waals surface area contributed by atoms with E-state index in [1.54, 1.807) is 6.07 Å². The number of anilines is 1. The van der Waals surface area contributed by atoms with E-state index in [0.717, 1.165) is 43.6 Å². The van der Waals surface area contributed by atoms with Crippen LogP contribution in [-0.2, 0) is 17.7 Å². The molecule has 0 amide bonds. The molecule has 2 heterocycles. The van der Waals surface area contributed by atoms with Crippen molar-refractivity contribution < 1.29 is 9.13 Å². The number of nitrogens with zero attached hydrogens (tertiary/aromatic N) is 3. The molecule has 164 valence electrons. The van der Waals surface area contributed by atoms with Crippen LogP contribution < -0.4 is 15.5 Å². The van der Waals surface area contributed by atoms with E-state index < -0.39 is 0 Å². The molecule has 8 heteroatoms. The van der Waals surface area contributed by atoms with Crippen LogP contribution in [0.3, 0.4) is 0 Å². The fourth-order valence-corrected chi connectivity index (χ4v) is 3.29. The lowest BCUT2D eigenvalue weighted by molar-refractivity contribution is 0.0529. The number of pyridine rings is 1. The Morgan fingerprint density at radius 3 is 2.90 bits per heavy atom. The largest absolute Gasteiger partial charge is 0.375 e. The van der Waals surface area contributed by atoms with Crippen molar-refractivity contribution in [3.05, 3.63) is 59.5 Å².